The summed E-state index contributed by atoms with van der Waals surface area (Å²) >= 11 is 14.0. The van der Waals surface area contributed by atoms with E-state index in [1.54, 1.807) is 26.5 Å². The van der Waals surface area contributed by atoms with Crippen LogP contribution >= 0.6 is 23.2 Å². The van der Waals surface area contributed by atoms with Crippen molar-refractivity contribution in [3.8, 4) is 28.1 Å². The van der Waals surface area contributed by atoms with Crippen LogP contribution in [0.15, 0.2) is 66.9 Å². The van der Waals surface area contributed by atoms with E-state index < -0.39 is 0 Å². The van der Waals surface area contributed by atoms with Gasteiger partial charge in [0.25, 0.3) is 0 Å². The third kappa shape index (κ3) is 7.55. The van der Waals surface area contributed by atoms with Gasteiger partial charge in [0.1, 0.15) is 5.75 Å². The molecule has 0 saturated carbocycles. The average Bonchev–Trinajstić information content (AvgIpc) is 3.47. The molecular weight excluding hydrogens is 640 g/mol. The van der Waals surface area contributed by atoms with Crippen molar-refractivity contribution < 1.29 is 18.7 Å². The Balaban J connectivity index is 1.19. The number of likely N-dealkylation sites (tertiary alicyclic amines) is 1. The van der Waals surface area contributed by atoms with Gasteiger partial charge in [0.2, 0.25) is 5.91 Å². The molecule has 3 aromatic carbocycles. The van der Waals surface area contributed by atoms with Gasteiger partial charge in [0, 0.05) is 92.2 Å². The van der Waals surface area contributed by atoms with Crippen molar-refractivity contribution >= 4 is 40.5 Å². The van der Waals surface area contributed by atoms with E-state index in [1.165, 1.54) is 0 Å². The lowest BCUT2D eigenvalue weighted by atomic mass is 10.00. The molecular formula is C36H38Cl2FN5O3. The Morgan fingerprint density at radius 1 is 1.00 bits per heavy atom. The number of carbonyl (C=O) groups is 1. The average molecular weight is 679 g/mol. The van der Waals surface area contributed by atoms with Gasteiger partial charge < -0.3 is 25.4 Å². The highest BCUT2D eigenvalue weighted by Crippen LogP contribution is 2.42. The predicted molar refractivity (Wildman–Crippen MR) is 185 cm³/mol. The van der Waals surface area contributed by atoms with Crippen molar-refractivity contribution in [2.45, 2.75) is 32.0 Å². The fourth-order valence-electron chi connectivity index (χ4n) is 6.27. The van der Waals surface area contributed by atoms with Gasteiger partial charge in [-0.3, -0.25) is 14.7 Å². The first-order chi connectivity index (χ1) is 22.8. The number of ether oxygens (including phenoxy) is 2. The van der Waals surface area contributed by atoms with E-state index in [9.17, 15) is 4.79 Å². The van der Waals surface area contributed by atoms with Gasteiger partial charge in [0.05, 0.1) is 40.8 Å². The molecule has 0 spiro atoms. The number of hydrogen-bond acceptors (Lipinski definition) is 7. The minimum atomic E-state index is -0.300. The Hall–Kier alpha value is -3.73. The van der Waals surface area contributed by atoms with Gasteiger partial charge >= 0.3 is 0 Å². The Morgan fingerprint density at radius 2 is 1.79 bits per heavy atom. The topological polar surface area (TPSA) is 87.8 Å². The molecule has 8 nitrogen and oxygen atoms in total. The van der Waals surface area contributed by atoms with E-state index in [-0.39, 0.29) is 17.8 Å². The predicted octanol–water partition coefficient (Wildman–Crippen LogP) is 7.06. The number of anilines is 2. The van der Waals surface area contributed by atoms with E-state index in [1.807, 2.05) is 54.6 Å². The Morgan fingerprint density at radius 3 is 2.55 bits per heavy atom. The van der Waals surface area contributed by atoms with E-state index in [4.69, 9.17) is 32.7 Å². The molecule has 246 valence electrons. The second kappa shape index (κ2) is 15.0. The Bertz CT molecular complexity index is 1750. The molecule has 2 aliphatic rings. The molecule has 0 radical (unpaired) electrons. The molecule has 3 N–H and O–H groups in total. The van der Waals surface area contributed by atoms with Crippen LogP contribution in [0.4, 0.5) is 15.8 Å². The van der Waals surface area contributed by atoms with Gasteiger partial charge in [-0.1, -0.05) is 59.6 Å². The zero-order chi connectivity index (χ0) is 32.9. The van der Waals surface area contributed by atoms with Crippen LogP contribution in [0.5, 0.6) is 5.75 Å². The smallest absolute Gasteiger partial charge is 0.220 e. The number of nitrogens with one attached hydrogen (secondary N) is 3. The van der Waals surface area contributed by atoms with Crippen LogP contribution in [0.25, 0.3) is 22.4 Å². The number of aromatic nitrogens is 1. The molecule has 2 aliphatic heterocycles. The van der Waals surface area contributed by atoms with Crippen LogP contribution in [0.2, 0.25) is 10.0 Å². The number of hydrogen-bond donors (Lipinski definition) is 3. The van der Waals surface area contributed by atoms with E-state index in [0.717, 1.165) is 37.2 Å². The lowest BCUT2D eigenvalue weighted by Crippen LogP contribution is -2.47. The highest BCUT2D eigenvalue weighted by Gasteiger charge is 2.27. The van der Waals surface area contributed by atoms with Gasteiger partial charge in [-0.25, -0.2) is 4.39 Å². The van der Waals surface area contributed by atoms with Gasteiger partial charge in [-0.15, -0.1) is 0 Å². The summed E-state index contributed by atoms with van der Waals surface area (Å²) in [5, 5.41) is 10.4. The van der Waals surface area contributed by atoms with Crippen LogP contribution in [0, 0.1) is 11.7 Å². The summed E-state index contributed by atoms with van der Waals surface area (Å²) in [4.78, 5) is 18.3. The maximum atomic E-state index is 15.6. The van der Waals surface area contributed by atoms with Crippen LogP contribution in [-0.4, -0.2) is 62.3 Å². The van der Waals surface area contributed by atoms with Crippen molar-refractivity contribution in [1.82, 2.24) is 20.5 Å². The Kier molecular flexibility index (Phi) is 10.6. The largest absolute Gasteiger partial charge is 0.496 e. The lowest BCUT2D eigenvalue weighted by molar-refractivity contribution is -0.119. The standard InChI is InChI=1S/C36H38Cl2FN5O3/c1-46-21-22-18-44(19-22)20-25-5-3-8-30(35(25)39)43-29-7-4-6-27(33(29)37)28-13-14-41-36(34(28)38)23-9-10-24(31(15-23)47-2)16-40-17-26-11-12-32(45)42-26/h3-10,13-15,22,26,40,43H,11-12,16-21H2,1-2H3,(H,42,45). The second-order valence-corrected chi connectivity index (χ2v) is 12.8. The number of nitrogens with zero attached hydrogens (tertiary/aromatic N) is 2. The molecule has 1 aromatic heterocycles. The van der Waals surface area contributed by atoms with Crippen LogP contribution in [0.3, 0.4) is 0 Å². The quantitative estimate of drug-likeness (QED) is 0.140. The first-order valence-electron chi connectivity index (χ1n) is 15.7. The Labute approximate surface area is 284 Å². The van der Waals surface area contributed by atoms with Crippen molar-refractivity contribution in [2.75, 3.05) is 45.8 Å². The molecule has 4 aromatic rings. The summed E-state index contributed by atoms with van der Waals surface area (Å²) in [6.07, 6.45) is 3.11. The number of halogens is 3. The third-order valence-corrected chi connectivity index (χ3v) is 9.50. The van der Waals surface area contributed by atoms with Crippen LogP contribution in [-0.2, 0) is 22.6 Å². The number of benzene rings is 3. The maximum Gasteiger partial charge on any atom is 0.220 e. The normalized spacial score (nSPS) is 16.6. The number of methoxy groups -OCH3 is 2. The van der Waals surface area contributed by atoms with Crippen molar-refractivity contribution in [2.24, 2.45) is 5.92 Å². The number of pyridine rings is 1. The fraction of sp³-hybridized carbons (Fsp3) is 0.333. The number of carbonyl (C=O) groups excluding carboxylic acids is 1. The molecule has 0 aliphatic carbocycles. The molecule has 1 amide bonds. The molecule has 3 heterocycles. The molecule has 0 bridgehead atoms. The second-order valence-electron chi connectivity index (χ2n) is 12.1. The van der Waals surface area contributed by atoms with Crippen LogP contribution < -0.4 is 20.7 Å². The SMILES string of the molecule is COCC1CN(Cc2cccc(Nc3cccc(-c4ccnc(-c5ccc(CNCC6CCC(=O)N6)c(OC)c5)c4Cl)c3Cl)c2F)C1. The third-order valence-electron chi connectivity index (χ3n) is 8.71. The molecule has 11 heteroatoms. The highest BCUT2D eigenvalue weighted by atomic mass is 35.5. The summed E-state index contributed by atoms with van der Waals surface area (Å²) in [7, 11) is 3.34. The minimum Gasteiger partial charge on any atom is -0.496 e. The van der Waals surface area contributed by atoms with Gasteiger partial charge in [-0.05, 0) is 30.7 Å². The van der Waals surface area contributed by atoms with Crippen molar-refractivity contribution in [3.63, 3.8) is 0 Å². The summed E-state index contributed by atoms with van der Waals surface area (Å²) in [6, 6.07) is 18.8. The molecule has 2 saturated heterocycles. The lowest BCUT2D eigenvalue weighted by Gasteiger charge is -2.39. The summed E-state index contributed by atoms with van der Waals surface area (Å²) in [5.74, 6) is 0.995. The van der Waals surface area contributed by atoms with Gasteiger partial charge in [-0.2, -0.15) is 0 Å². The van der Waals surface area contributed by atoms with Gasteiger partial charge in [0.15, 0.2) is 5.82 Å². The zero-order valence-corrected chi connectivity index (χ0v) is 27.9. The van der Waals surface area contributed by atoms with E-state index in [0.29, 0.717) is 81.5 Å². The fourth-order valence-corrected chi connectivity index (χ4v) is 6.87. The van der Waals surface area contributed by atoms with Crippen molar-refractivity contribution in [3.05, 3.63) is 93.8 Å². The van der Waals surface area contributed by atoms with Crippen LogP contribution in [0.1, 0.15) is 24.0 Å². The summed E-state index contributed by atoms with van der Waals surface area (Å²) in [6.45, 7) is 4.32. The minimum absolute atomic E-state index is 0.100. The van der Waals surface area contributed by atoms with E-state index >= 15 is 4.39 Å². The molecule has 2 fully saturated rings. The zero-order valence-electron chi connectivity index (χ0n) is 26.4. The molecule has 1 atom stereocenters. The number of amides is 1. The number of rotatable bonds is 13. The molecule has 1 unspecified atom stereocenters. The van der Waals surface area contributed by atoms with E-state index in [2.05, 4.69) is 25.8 Å². The maximum absolute atomic E-state index is 15.6. The molecule has 6 rings (SSSR count). The molecule has 47 heavy (non-hydrogen) atoms. The first kappa shape index (κ1) is 33.2. The van der Waals surface area contributed by atoms with Crippen molar-refractivity contribution in [1.29, 1.82) is 0 Å². The monoisotopic (exact) mass is 677 g/mol. The summed E-state index contributed by atoms with van der Waals surface area (Å²) < 4.78 is 26.6. The summed E-state index contributed by atoms with van der Waals surface area (Å²) in [5.41, 5.74) is 5.29. The highest BCUT2D eigenvalue weighted by molar-refractivity contribution is 6.39. The first-order valence-corrected chi connectivity index (χ1v) is 16.5.